The first kappa shape index (κ1) is 19.3. The van der Waals surface area contributed by atoms with E-state index in [-0.39, 0.29) is 13.2 Å². The van der Waals surface area contributed by atoms with Crippen LogP contribution in [0.15, 0.2) is 28.6 Å². The average Bonchev–Trinajstić information content (AvgIpc) is 2.90. The van der Waals surface area contributed by atoms with E-state index in [0.717, 1.165) is 35.8 Å². The first-order chi connectivity index (χ1) is 11.0. The van der Waals surface area contributed by atoms with Crippen molar-refractivity contribution in [2.45, 2.75) is 12.3 Å². The third kappa shape index (κ3) is 9.11. The first-order valence-electron chi connectivity index (χ1n) is 7.25. The Bertz CT molecular complexity index is 505. The molecule has 0 amide bonds. The molecule has 0 aliphatic carbocycles. The van der Waals surface area contributed by atoms with Crippen LogP contribution in [0.2, 0.25) is 0 Å². The summed E-state index contributed by atoms with van der Waals surface area (Å²) in [5, 5.41) is 24.9. The Kier molecular flexibility index (Phi) is 9.18. The van der Waals surface area contributed by atoms with E-state index in [2.05, 4.69) is 10.6 Å². The van der Waals surface area contributed by atoms with Crippen LogP contribution in [0.1, 0.15) is 11.5 Å². The lowest BCUT2D eigenvalue weighted by molar-refractivity contribution is -0.404. The Morgan fingerprint density at radius 2 is 2.09 bits per heavy atom. The zero-order valence-electron chi connectivity index (χ0n) is 13.4. The number of nitrogens with zero attached hydrogens (tertiary/aromatic N) is 2. The second-order valence-electron chi connectivity index (χ2n) is 5.06. The molecular weight excluding hydrogens is 320 g/mol. The van der Waals surface area contributed by atoms with Crippen LogP contribution in [0, 0.1) is 10.1 Å². The summed E-state index contributed by atoms with van der Waals surface area (Å²) in [6, 6.07) is 3.95. The summed E-state index contributed by atoms with van der Waals surface area (Å²) in [6.07, 6.45) is 0.861. The van der Waals surface area contributed by atoms with Gasteiger partial charge in [-0.3, -0.25) is 10.1 Å². The molecule has 0 radical (unpaired) electrons. The molecule has 9 heteroatoms. The number of thioether (sulfide) groups is 1. The van der Waals surface area contributed by atoms with E-state index in [1.807, 2.05) is 31.1 Å². The van der Waals surface area contributed by atoms with E-state index in [1.54, 1.807) is 11.8 Å². The third-order valence-corrected chi connectivity index (χ3v) is 3.64. The first-order valence-corrected chi connectivity index (χ1v) is 8.40. The molecule has 0 saturated heterocycles. The van der Waals surface area contributed by atoms with Gasteiger partial charge >= 0.3 is 0 Å². The fourth-order valence-electron chi connectivity index (χ4n) is 1.78. The van der Waals surface area contributed by atoms with Crippen LogP contribution in [0.5, 0.6) is 0 Å². The smallest absolute Gasteiger partial charge is 0.274 e. The van der Waals surface area contributed by atoms with Crippen LogP contribution in [0.25, 0.3) is 0 Å². The topological polar surface area (TPSA) is 104 Å². The molecule has 0 aliphatic rings. The van der Waals surface area contributed by atoms with Crippen molar-refractivity contribution in [3.63, 3.8) is 0 Å². The molecule has 1 aromatic heterocycles. The van der Waals surface area contributed by atoms with Gasteiger partial charge < -0.3 is 25.1 Å². The number of rotatable bonds is 12. The molecule has 0 aliphatic heterocycles. The van der Waals surface area contributed by atoms with Crippen LogP contribution in [-0.4, -0.2) is 54.5 Å². The van der Waals surface area contributed by atoms with Gasteiger partial charge in [0.1, 0.15) is 11.5 Å². The molecule has 23 heavy (non-hydrogen) atoms. The largest absolute Gasteiger partial charge is 0.464 e. The van der Waals surface area contributed by atoms with E-state index in [0.29, 0.717) is 12.4 Å². The molecule has 1 aromatic rings. The molecular formula is C14H24N4O4S. The number of furan rings is 1. The minimum absolute atomic E-state index is 0.0841. The number of nitrogens with one attached hydrogen (secondary N) is 2. The second kappa shape index (κ2) is 10.9. The quantitative estimate of drug-likeness (QED) is 0.291. The second-order valence-corrected chi connectivity index (χ2v) is 6.17. The number of aliphatic hydroxyl groups excluding tert-OH is 1. The summed E-state index contributed by atoms with van der Waals surface area (Å²) < 4.78 is 5.70. The van der Waals surface area contributed by atoms with Crippen molar-refractivity contribution in [3.05, 3.63) is 45.8 Å². The van der Waals surface area contributed by atoms with Crippen molar-refractivity contribution < 1.29 is 14.4 Å². The van der Waals surface area contributed by atoms with Crippen LogP contribution < -0.4 is 10.6 Å². The lowest BCUT2D eigenvalue weighted by Crippen LogP contribution is -2.30. The lowest BCUT2D eigenvalue weighted by atomic mass is 10.4. The highest BCUT2D eigenvalue weighted by molar-refractivity contribution is 7.98. The number of hydrogen-bond acceptors (Lipinski definition) is 8. The Morgan fingerprint density at radius 3 is 2.74 bits per heavy atom. The molecule has 1 heterocycles. The molecule has 0 atom stereocenters. The predicted octanol–water partition coefficient (Wildman–Crippen LogP) is 0.821. The number of hydrogen-bond donors (Lipinski definition) is 3. The number of nitro groups is 1. The summed E-state index contributed by atoms with van der Waals surface area (Å²) in [7, 11) is 3.98. The Hall–Kier alpha value is -1.71. The van der Waals surface area contributed by atoms with Gasteiger partial charge in [-0.15, -0.1) is 0 Å². The van der Waals surface area contributed by atoms with Crippen molar-refractivity contribution >= 4 is 11.8 Å². The van der Waals surface area contributed by atoms with Crippen molar-refractivity contribution in [3.8, 4) is 0 Å². The van der Waals surface area contributed by atoms with Crippen LogP contribution in [0.3, 0.4) is 0 Å². The summed E-state index contributed by atoms with van der Waals surface area (Å²) >= 11 is 1.68. The highest BCUT2D eigenvalue weighted by Crippen LogP contribution is 2.15. The fourth-order valence-corrected chi connectivity index (χ4v) is 2.52. The zero-order chi connectivity index (χ0) is 17.1. The van der Waals surface area contributed by atoms with E-state index in [1.165, 1.54) is 0 Å². The van der Waals surface area contributed by atoms with Gasteiger partial charge in [0.15, 0.2) is 5.82 Å². The maximum atomic E-state index is 10.5. The van der Waals surface area contributed by atoms with E-state index >= 15 is 0 Å². The van der Waals surface area contributed by atoms with Crippen molar-refractivity contribution in [2.24, 2.45) is 0 Å². The van der Waals surface area contributed by atoms with Gasteiger partial charge in [-0.2, -0.15) is 11.8 Å². The zero-order valence-corrected chi connectivity index (χ0v) is 14.3. The predicted molar refractivity (Wildman–Crippen MR) is 90.4 cm³/mol. The standard InChI is InChI=1S/C14H24N4O4S/c1-17(2)9-12-3-4-13(22-12)11-23-8-6-16-14(10-18(20)21)15-5-7-19/h3-4,10,15-16,19H,5-9,11H2,1-2H3. The van der Waals surface area contributed by atoms with E-state index < -0.39 is 4.92 Å². The van der Waals surface area contributed by atoms with Gasteiger partial charge in [-0.05, 0) is 26.2 Å². The molecule has 3 N–H and O–H groups in total. The van der Waals surface area contributed by atoms with Gasteiger partial charge in [0.05, 0.1) is 23.8 Å². The van der Waals surface area contributed by atoms with Gasteiger partial charge in [-0.1, -0.05) is 0 Å². The minimum atomic E-state index is -0.533. The average molecular weight is 344 g/mol. The maximum absolute atomic E-state index is 10.5. The molecule has 8 nitrogen and oxygen atoms in total. The van der Waals surface area contributed by atoms with Gasteiger partial charge in [-0.25, -0.2) is 0 Å². The van der Waals surface area contributed by atoms with Crippen molar-refractivity contribution in [2.75, 3.05) is 39.5 Å². The summed E-state index contributed by atoms with van der Waals surface area (Å²) in [6.45, 7) is 1.53. The Balaban J connectivity index is 2.25. The Morgan fingerprint density at radius 1 is 1.39 bits per heavy atom. The molecule has 0 saturated carbocycles. The summed E-state index contributed by atoms with van der Waals surface area (Å²) in [5.41, 5.74) is 0. The monoisotopic (exact) mass is 344 g/mol. The third-order valence-electron chi connectivity index (χ3n) is 2.66. The summed E-state index contributed by atoms with van der Waals surface area (Å²) in [5.74, 6) is 3.70. The van der Waals surface area contributed by atoms with Gasteiger partial charge in [0, 0.05) is 18.8 Å². The minimum Gasteiger partial charge on any atom is -0.464 e. The van der Waals surface area contributed by atoms with Crippen LogP contribution in [-0.2, 0) is 12.3 Å². The molecule has 0 unspecified atom stereocenters. The molecule has 0 fully saturated rings. The molecule has 130 valence electrons. The molecule has 0 bridgehead atoms. The fraction of sp³-hybridized carbons (Fsp3) is 0.571. The molecule has 0 aromatic carbocycles. The van der Waals surface area contributed by atoms with Crippen molar-refractivity contribution in [1.29, 1.82) is 0 Å². The highest BCUT2D eigenvalue weighted by Gasteiger charge is 2.04. The normalized spacial score (nSPS) is 11.7. The highest BCUT2D eigenvalue weighted by atomic mass is 32.2. The SMILES string of the molecule is CN(C)Cc1ccc(CSCCNC(=C[N+](=O)[O-])NCCO)o1. The van der Waals surface area contributed by atoms with E-state index in [4.69, 9.17) is 9.52 Å². The lowest BCUT2D eigenvalue weighted by Gasteiger charge is -2.09. The molecule has 1 rings (SSSR count). The molecule has 0 spiro atoms. The maximum Gasteiger partial charge on any atom is 0.274 e. The van der Waals surface area contributed by atoms with Crippen LogP contribution >= 0.6 is 11.8 Å². The Labute approximate surface area is 140 Å². The van der Waals surface area contributed by atoms with Crippen LogP contribution in [0.4, 0.5) is 0 Å². The summed E-state index contributed by atoms with van der Waals surface area (Å²) in [4.78, 5) is 12.0. The van der Waals surface area contributed by atoms with E-state index in [9.17, 15) is 10.1 Å². The van der Waals surface area contributed by atoms with Crippen molar-refractivity contribution in [1.82, 2.24) is 15.5 Å². The van der Waals surface area contributed by atoms with Gasteiger partial charge in [0.2, 0.25) is 0 Å². The van der Waals surface area contributed by atoms with Gasteiger partial charge in [0.25, 0.3) is 6.20 Å². The number of aliphatic hydroxyl groups is 1.